The number of oxazole rings is 1. The van der Waals surface area contributed by atoms with E-state index in [2.05, 4.69) is 31.1 Å². The van der Waals surface area contributed by atoms with Crippen molar-refractivity contribution in [2.45, 2.75) is 27.4 Å². The molecule has 8 nitrogen and oxygen atoms in total. The molecule has 5 rings (SSSR count). The van der Waals surface area contributed by atoms with Crippen LogP contribution in [0.3, 0.4) is 0 Å². The zero-order valence-electron chi connectivity index (χ0n) is 18.8. The molecule has 4 aromatic rings. The Hall–Kier alpha value is -3.59. The smallest absolute Gasteiger partial charge is 0.272 e. The maximum absolute atomic E-state index is 13.1. The van der Waals surface area contributed by atoms with Crippen molar-refractivity contribution in [3.05, 3.63) is 52.7 Å². The number of rotatable bonds is 5. The number of nitrogens with one attached hydrogen (secondary N) is 1. The molecule has 33 heavy (non-hydrogen) atoms. The van der Waals surface area contributed by atoms with Crippen LogP contribution in [0.5, 0.6) is 11.5 Å². The molecule has 0 atom stereocenters. The Morgan fingerprint density at radius 1 is 1.30 bits per heavy atom. The standard InChI is InChI=1S/C24H24N4O4S/c1-24(2,3)13-26-22(29)20-17-11-32-19-10-18(30-4)16(23-25-6-7-31-23)9-15(19)21(17)28(27-20)14-5-8-33-12-14/h5-10,12H,11,13H2,1-4H3,(H,26,29). The van der Waals surface area contributed by atoms with Crippen molar-refractivity contribution in [1.29, 1.82) is 0 Å². The Labute approximate surface area is 195 Å². The van der Waals surface area contributed by atoms with Crippen molar-refractivity contribution in [3.63, 3.8) is 0 Å². The van der Waals surface area contributed by atoms with Gasteiger partial charge in [0.25, 0.3) is 5.91 Å². The van der Waals surface area contributed by atoms with Crippen LogP contribution in [0.15, 0.2) is 45.8 Å². The van der Waals surface area contributed by atoms with E-state index in [1.54, 1.807) is 24.6 Å². The van der Waals surface area contributed by atoms with Gasteiger partial charge in [-0.1, -0.05) is 20.8 Å². The number of hydrogen-bond acceptors (Lipinski definition) is 7. The maximum Gasteiger partial charge on any atom is 0.272 e. The number of methoxy groups -OCH3 is 1. The molecular formula is C24H24N4O4S. The van der Waals surface area contributed by atoms with E-state index >= 15 is 0 Å². The van der Waals surface area contributed by atoms with Gasteiger partial charge in [0.2, 0.25) is 5.89 Å². The van der Waals surface area contributed by atoms with E-state index in [0.717, 1.165) is 22.5 Å². The van der Waals surface area contributed by atoms with Gasteiger partial charge >= 0.3 is 0 Å². The fourth-order valence-corrected chi connectivity index (χ4v) is 4.36. The van der Waals surface area contributed by atoms with E-state index in [0.29, 0.717) is 35.2 Å². The maximum atomic E-state index is 13.1. The first-order valence-corrected chi connectivity index (χ1v) is 11.5. The van der Waals surface area contributed by atoms with Gasteiger partial charge in [0, 0.05) is 29.1 Å². The van der Waals surface area contributed by atoms with Gasteiger partial charge in [-0.3, -0.25) is 4.79 Å². The van der Waals surface area contributed by atoms with E-state index in [9.17, 15) is 4.79 Å². The second-order valence-corrected chi connectivity index (χ2v) is 9.77. The topological polar surface area (TPSA) is 91.4 Å². The van der Waals surface area contributed by atoms with Crippen molar-refractivity contribution in [2.75, 3.05) is 13.7 Å². The molecule has 4 heterocycles. The Morgan fingerprint density at radius 3 is 2.82 bits per heavy atom. The summed E-state index contributed by atoms with van der Waals surface area (Å²) in [6.45, 7) is 6.98. The zero-order valence-corrected chi connectivity index (χ0v) is 19.7. The lowest BCUT2D eigenvalue weighted by molar-refractivity contribution is 0.0931. The van der Waals surface area contributed by atoms with Crippen molar-refractivity contribution < 1.29 is 18.7 Å². The van der Waals surface area contributed by atoms with Crippen molar-refractivity contribution in [2.24, 2.45) is 5.41 Å². The molecule has 0 saturated carbocycles. The zero-order chi connectivity index (χ0) is 23.2. The lowest BCUT2D eigenvalue weighted by Gasteiger charge is -2.22. The van der Waals surface area contributed by atoms with E-state index in [1.807, 2.05) is 33.6 Å². The monoisotopic (exact) mass is 464 g/mol. The number of carbonyl (C=O) groups is 1. The molecule has 0 aliphatic carbocycles. The molecule has 0 unspecified atom stereocenters. The molecule has 1 N–H and O–H groups in total. The third-order valence-electron chi connectivity index (χ3n) is 5.32. The number of benzene rings is 1. The highest BCUT2D eigenvalue weighted by Crippen LogP contribution is 2.45. The number of carbonyl (C=O) groups excluding carboxylic acids is 1. The number of aromatic nitrogens is 3. The van der Waals surface area contributed by atoms with Gasteiger partial charge < -0.3 is 19.2 Å². The van der Waals surface area contributed by atoms with E-state index in [-0.39, 0.29) is 17.9 Å². The summed E-state index contributed by atoms with van der Waals surface area (Å²) in [5, 5.41) is 11.7. The van der Waals surface area contributed by atoms with Crippen LogP contribution < -0.4 is 14.8 Å². The number of nitrogens with zero attached hydrogens (tertiary/aromatic N) is 3. The van der Waals surface area contributed by atoms with Crippen LogP contribution in [0.2, 0.25) is 0 Å². The van der Waals surface area contributed by atoms with E-state index in [1.165, 1.54) is 6.26 Å². The molecule has 1 aliphatic rings. The third-order valence-corrected chi connectivity index (χ3v) is 5.99. The molecule has 1 aromatic carbocycles. The van der Waals surface area contributed by atoms with E-state index in [4.69, 9.17) is 19.0 Å². The highest BCUT2D eigenvalue weighted by Gasteiger charge is 2.32. The first-order chi connectivity index (χ1) is 15.9. The molecule has 3 aromatic heterocycles. The Balaban J connectivity index is 1.68. The lowest BCUT2D eigenvalue weighted by atomic mass is 9.96. The van der Waals surface area contributed by atoms with Crippen LogP contribution in [-0.2, 0) is 6.61 Å². The summed E-state index contributed by atoms with van der Waals surface area (Å²) >= 11 is 1.57. The molecule has 0 spiro atoms. The number of fused-ring (bicyclic) bond motifs is 3. The summed E-state index contributed by atoms with van der Waals surface area (Å²) < 4.78 is 19.0. The van der Waals surface area contributed by atoms with Crippen molar-refractivity contribution >= 4 is 17.2 Å². The summed E-state index contributed by atoms with van der Waals surface area (Å²) in [6, 6.07) is 5.71. The minimum absolute atomic E-state index is 0.0454. The minimum atomic E-state index is -0.219. The minimum Gasteiger partial charge on any atom is -0.496 e. The molecule has 0 saturated heterocycles. The average Bonchev–Trinajstić information content (AvgIpc) is 3.56. The number of amides is 1. The summed E-state index contributed by atoms with van der Waals surface area (Å²) in [4.78, 5) is 17.4. The summed E-state index contributed by atoms with van der Waals surface area (Å²) in [7, 11) is 1.59. The molecule has 9 heteroatoms. The summed E-state index contributed by atoms with van der Waals surface area (Å²) in [5.74, 6) is 1.45. The van der Waals surface area contributed by atoms with Gasteiger partial charge in [-0.25, -0.2) is 9.67 Å². The first-order valence-electron chi connectivity index (χ1n) is 10.5. The predicted octanol–water partition coefficient (Wildman–Crippen LogP) is 4.93. The number of hydrogen-bond donors (Lipinski definition) is 1. The molecule has 0 bridgehead atoms. The van der Waals surface area contributed by atoms with Crippen molar-refractivity contribution in [1.82, 2.24) is 20.1 Å². The highest BCUT2D eigenvalue weighted by atomic mass is 32.1. The van der Waals surface area contributed by atoms with E-state index < -0.39 is 0 Å². The molecule has 0 radical (unpaired) electrons. The SMILES string of the molecule is COc1cc2c(cc1-c1ncco1)-c1c(c(C(=O)NCC(C)(C)C)nn1-c1ccsc1)CO2. The number of thiophene rings is 1. The normalized spacial score (nSPS) is 12.6. The highest BCUT2D eigenvalue weighted by molar-refractivity contribution is 7.08. The molecule has 0 fully saturated rings. The van der Waals surface area contributed by atoms with Crippen LogP contribution in [-0.4, -0.2) is 34.3 Å². The van der Waals surface area contributed by atoms with Gasteiger partial charge in [0.1, 0.15) is 24.4 Å². The van der Waals surface area contributed by atoms with Gasteiger partial charge in [-0.05, 0) is 22.9 Å². The van der Waals surface area contributed by atoms with Crippen LogP contribution in [0.1, 0.15) is 36.8 Å². The first kappa shape index (κ1) is 21.3. The fraction of sp³-hybridized carbons (Fsp3) is 0.292. The molecule has 1 aliphatic heterocycles. The van der Waals surface area contributed by atoms with Crippen molar-refractivity contribution in [3.8, 4) is 39.9 Å². The Bertz CT molecular complexity index is 1300. The molecular weight excluding hydrogens is 440 g/mol. The predicted molar refractivity (Wildman–Crippen MR) is 125 cm³/mol. The lowest BCUT2D eigenvalue weighted by Crippen LogP contribution is -2.33. The van der Waals surface area contributed by atoms with Crippen LogP contribution in [0.4, 0.5) is 0 Å². The second-order valence-electron chi connectivity index (χ2n) is 8.99. The quantitative estimate of drug-likeness (QED) is 0.450. The van der Waals surface area contributed by atoms with Crippen LogP contribution in [0, 0.1) is 5.41 Å². The summed E-state index contributed by atoms with van der Waals surface area (Å²) in [5.41, 5.74) is 4.23. The van der Waals surface area contributed by atoms with Gasteiger partial charge in [0.15, 0.2) is 5.69 Å². The second kappa shape index (κ2) is 8.08. The third kappa shape index (κ3) is 3.89. The average molecular weight is 465 g/mol. The summed E-state index contributed by atoms with van der Waals surface area (Å²) in [6.07, 6.45) is 3.10. The van der Waals surface area contributed by atoms with Gasteiger partial charge in [-0.2, -0.15) is 16.4 Å². The fourth-order valence-electron chi connectivity index (χ4n) is 3.75. The van der Waals surface area contributed by atoms with Crippen LogP contribution >= 0.6 is 11.3 Å². The Kier molecular flexibility index (Phi) is 5.20. The van der Waals surface area contributed by atoms with Crippen LogP contribution in [0.25, 0.3) is 28.4 Å². The molecule has 1 amide bonds. The molecule has 170 valence electrons. The largest absolute Gasteiger partial charge is 0.496 e. The number of ether oxygens (including phenoxy) is 2. The van der Waals surface area contributed by atoms with Gasteiger partial charge in [0.05, 0.1) is 30.3 Å². The van der Waals surface area contributed by atoms with Gasteiger partial charge in [-0.15, -0.1) is 0 Å². The Morgan fingerprint density at radius 2 is 2.15 bits per heavy atom.